The third-order valence-electron chi connectivity index (χ3n) is 5.44. The fourth-order valence-electron chi connectivity index (χ4n) is 4.69. The number of hydrogen-bond acceptors (Lipinski definition) is 3. The van der Waals surface area contributed by atoms with Gasteiger partial charge in [0.2, 0.25) is 0 Å². The molecule has 1 saturated carbocycles. The molecule has 3 heteroatoms. The summed E-state index contributed by atoms with van der Waals surface area (Å²) in [4.78, 5) is 2.69. The maximum absolute atomic E-state index is 9.17. The van der Waals surface area contributed by atoms with E-state index in [-0.39, 0.29) is 0 Å². The Kier molecular flexibility index (Phi) is 6.31. The highest BCUT2D eigenvalue weighted by Gasteiger charge is 2.36. The number of nitrogens with zero attached hydrogens (tertiary/aromatic N) is 1. The van der Waals surface area contributed by atoms with Gasteiger partial charge in [0, 0.05) is 26.2 Å². The summed E-state index contributed by atoms with van der Waals surface area (Å²) in [6, 6.07) is 0. The summed E-state index contributed by atoms with van der Waals surface area (Å²) in [6.07, 6.45) is 9.21. The number of aliphatic hydroxyl groups excluding tert-OH is 1. The van der Waals surface area contributed by atoms with Gasteiger partial charge in [-0.2, -0.15) is 0 Å². The molecular formula is C17H34N2O. The smallest absolute Gasteiger partial charge is 0.0434 e. The lowest BCUT2D eigenvalue weighted by molar-refractivity contribution is 0.0539. The van der Waals surface area contributed by atoms with Crippen molar-refractivity contribution in [2.45, 2.75) is 51.9 Å². The second-order valence-electron chi connectivity index (χ2n) is 7.49. The van der Waals surface area contributed by atoms with Crippen molar-refractivity contribution in [2.75, 3.05) is 39.8 Å². The molecule has 2 N–H and O–H groups in total. The lowest BCUT2D eigenvalue weighted by Crippen LogP contribution is -2.48. The van der Waals surface area contributed by atoms with Gasteiger partial charge in [-0.25, -0.2) is 0 Å². The van der Waals surface area contributed by atoms with Crippen LogP contribution >= 0.6 is 0 Å². The molecule has 1 aliphatic heterocycles. The molecule has 1 aliphatic carbocycles. The van der Waals surface area contributed by atoms with Crippen LogP contribution in [0.4, 0.5) is 0 Å². The van der Waals surface area contributed by atoms with E-state index in [0.29, 0.717) is 12.0 Å². The van der Waals surface area contributed by atoms with E-state index in [9.17, 15) is 0 Å². The summed E-state index contributed by atoms with van der Waals surface area (Å²) in [5, 5.41) is 12.6. The zero-order valence-electron chi connectivity index (χ0n) is 13.5. The Bertz CT molecular complexity index is 278. The van der Waals surface area contributed by atoms with Crippen LogP contribution in [0.1, 0.15) is 51.9 Å². The van der Waals surface area contributed by atoms with Crippen LogP contribution in [-0.2, 0) is 0 Å². The summed E-state index contributed by atoms with van der Waals surface area (Å²) >= 11 is 0. The van der Waals surface area contributed by atoms with E-state index in [1.54, 1.807) is 0 Å². The third-order valence-corrected chi connectivity index (χ3v) is 5.44. The van der Waals surface area contributed by atoms with Crippen LogP contribution < -0.4 is 5.32 Å². The molecule has 1 heterocycles. The number of rotatable bonds is 6. The van der Waals surface area contributed by atoms with Gasteiger partial charge in [0.25, 0.3) is 0 Å². The second-order valence-corrected chi connectivity index (χ2v) is 7.49. The van der Waals surface area contributed by atoms with Crippen LogP contribution in [0.15, 0.2) is 0 Å². The van der Waals surface area contributed by atoms with Crippen molar-refractivity contribution >= 4 is 0 Å². The van der Waals surface area contributed by atoms with Crippen LogP contribution in [0.3, 0.4) is 0 Å². The number of likely N-dealkylation sites (tertiary alicyclic amines) is 1. The van der Waals surface area contributed by atoms with Crippen molar-refractivity contribution in [2.24, 2.45) is 17.3 Å². The minimum Gasteiger partial charge on any atom is -0.396 e. The quantitative estimate of drug-likeness (QED) is 0.786. The highest BCUT2D eigenvalue weighted by Crippen LogP contribution is 2.40. The molecule has 0 aromatic rings. The molecule has 2 fully saturated rings. The number of aliphatic hydroxyl groups is 1. The first-order chi connectivity index (χ1) is 9.67. The van der Waals surface area contributed by atoms with Gasteiger partial charge in [0.15, 0.2) is 0 Å². The molecular weight excluding hydrogens is 248 g/mol. The normalized spacial score (nSPS) is 36.1. The van der Waals surface area contributed by atoms with E-state index < -0.39 is 0 Å². The van der Waals surface area contributed by atoms with Crippen LogP contribution in [0.25, 0.3) is 0 Å². The molecule has 20 heavy (non-hydrogen) atoms. The summed E-state index contributed by atoms with van der Waals surface area (Å²) in [5.74, 6) is 1.61. The van der Waals surface area contributed by atoms with Gasteiger partial charge >= 0.3 is 0 Å². The maximum atomic E-state index is 9.17. The largest absolute Gasteiger partial charge is 0.396 e. The molecule has 0 amide bonds. The highest BCUT2D eigenvalue weighted by atomic mass is 16.3. The SMILES string of the molecule is CNCC1(CN2CCCC(CCO)C2)CCCC(C)C1. The molecule has 2 aliphatic rings. The first-order valence-electron chi connectivity index (χ1n) is 8.65. The molecule has 0 aromatic carbocycles. The standard InChI is InChI=1S/C17H34N2O/c1-15-5-3-8-17(11-15,13-18-2)14-19-9-4-6-16(12-19)7-10-20/h15-16,18,20H,3-14H2,1-2H3. The van der Waals surface area contributed by atoms with Crippen molar-refractivity contribution in [3.8, 4) is 0 Å². The predicted molar refractivity (Wildman–Crippen MR) is 84.9 cm³/mol. The zero-order valence-corrected chi connectivity index (χ0v) is 13.5. The second kappa shape index (κ2) is 7.77. The van der Waals surface area contributed by atoms with Gasteiger partial charge < -0.3 is 15.3 Å². The molecule has 118 valence electrons. The van der Waals surface area contributed by atoms with Gasteiger partial charge in [-0.15, -0.1) is 0 Å². The van der Waals surface area contributed by atoms with Crippen molar-refractivity contribution in [3.05, 3.63) is 0 Å². The fraction of sp³-hybridized carbons (Fsp3) is 1.00. The topological polar surface area (TPSA) is 35.5 Å². The first kappa shape index (κ1) is 16.3. The Morgan fingerprint density at radius 2 is 2.15 bits per heavy atom. The number of hydrogen-bond donors (Lipinski definition) is 2. The average molecular weight is 282 g/mol. The van der Waals surface area contributed by atoms with E-state index in [1.807, 2.05) is 0 Å². The molecule has 0 aromatic heterocycles. The molecule has 3 unspecified atom stereocenters. The molecule has 2 rings (SSSR count). The lowest BCUT2D eigenvalue weighted by Gasteiger charge is -2.45. The van der Waals surface area contributed by atoms with Gasteiger partial charge in [-0.05, 0) is 62.9 Å². The van der Waals surface area contributed by atoms with Crippen LogP contribution in [-0.4, -0.2) is 49.8 Å². The van der Waals surface area contributed by atoms with Gasteiger partial charge in [-0.3, -0.25) is 0 Å². The Balaban J connectivity index is 1.93. The van der Waals surface area contributed by atoms with E-state index in [4.69, 9.17) is 5.11 Å². The molecule has 1 saturated heterocycles. The monoisotopic (exact) mass is 282 g/mol. The van der Waals surface area contributed by atoms with Crippen molar-refractivity contribution in [3.63, 3.8) is 0 Å². The van der Waals surface area contributed by atoms with Crippen LogP contribution in [0.2, 0.25) is 0 Å². The molecule has 3 atom stereocenters. The summed E-state index contributed by atoms with van der Waals surface area (Å²) in [7, 11) is 2.10. The summed E-state index contributed by atoms with van der Waals surface area (Å²) < 4.78 is 0. The number of piperidine rings is 1. The van der Waals surface area contributed by atoms with E-state index in [2.05, 4.69) is 24.2 Å². The van der Waals surface area contributed by atoms with E-state index in [1.165, 1.54) is 64.7 Å². The van der Waals surface area contributed by atoms with Gasteiger partial charge in [-0.1, -0.05) is 19.8 Å². The number of nitrogens with one attached hydrogen (secondary N) is 1. The first-order valence-corrected chi connectivity index (χ1v) is 8.65. The highest BCUT2D eigenvalue weighted by molar-refractivity contribution is 4.90. The van der Waals surface area contributed by atoms with E-state index in [0.717, 1.165) is 18.3 Å². The average Bonchev–Trinajstić information content (AvgIpc) is 2.39. The van der Waals surface area contributed by atoms with Crippen molar-refractivity contribution in [1.29, 1.82) is 0 Å². The third kappa shape index (κ3) is 4.44. The molecule has 0 spiro atoms. The lowest BCUT2D eigenvalue weighted by atomic mass is 9.69. The van der Waals surface area contributed by atoms with Gasteiger partial charge in [0.1, 0.15) is 0 Å². The predicted octanol–water partition coefficient (Wildman–Crippen LogP) is 2.50. The minimum atomic E-state index is 0.358. The van der Waals surface area contributed by atoms with Crippen LogP contribution in [0, 0.1) is 17.3 Å². The Morgan fingerprint density at radius 3 is 2.85 bits per heavy atom. The molecule has 3 nitrogen and oxygen atoms in total. The molecule has 0 radical (unpaired) electrons. The maximum Gasteiger partial charge on any atom is 0.0434 e. The van der Waals surface area contributed by atoms with Crippen molar-refractivity contribution < 1.29 is 5.11 Å². The Morgan fingerprint density at radius 1 is 1.30 bits per heavy atom. The van der Waals surface area contributed by atoms with Crippen LogP contribution in [0.5, 0.6) is 0 Å². The Hall–Kier alpha value is -0.120. The van der Waals surface area contributed by atoms with Crippen molar-refractivity contribution in [1.82, 2.24) is 10.2 Å². The Labute approximate surface area is 125 Å². The molecule has 0 bridgehead atoms. The zero-order chi connectivity index (χ0) is 14.4. The minimum absolute atomic E-state index is 0.358. The fourth-order valence-corrected chi connectivity index (χ4v) is 4.69. The van der Waals surface area contributed by atoms with E-state index >= 15 is 0 Å². The summed E-state index contributed by atoms with van der Waals surface area (Å²) in [6.45, 7) is 7.69. The van der Waals surface area contributed by atoms with Gasteiger partial charge in [0.05, 0.1) is 0 Å². The summed E-state index contributed by atoms with van der Waals surface area (Å²) in [5.41, 5.74) is 0.494.